The molecule has 112 valence electrons. The molecule has 0 atom stereocenters. The van der Waals surface area contributed by atoms with Gasteiger partial charge in [0.25, 0.3) is 5.91 Å². The Morgan fingerprint density at radius 2 is 1.90 bits per heavy atom. The van der Waals surface area contributed by atoms with Gasteiger partial charge < -0.3 is 10.1 Å². The standard InChI is InChI=1S/C14H16N2O4S/c17-12(16-14(19)15-10-6-7-10)8-20-13(18)9-21-11-4-2-1-3-5-11/h1-5,10H,6-9H2,(H2,15,16,17,19). The molecule has 2 N–H and O–H groups in total. The fourth-order valence-electron chi connectivity index (χ4n) is 1.46. The van der Waals surface area contributed by atoms with E-state index < -0.39 is 24.5 Å². The Bertz CT molecular complexity index is 517. The van der Waals surface area contributed by atoms with Gasteiger partial charge in [0.2, 0.25) is 0 Å². The Morgan fingerprint density at radius 1 is 1.19 bits per heavy atom. The number of carbonyl (C=O) groups excluding carboxylic acids is 3. The highest BCUT2D eigenvalue weighted by atomic mass is 32.2. The first-order valence-electron chi connectivity index (χ1n) is 6.57. The molecule has 7 heteroatoms. The first-order chi connectivity index (χ1) is 10.1. The number of amides is 3. The van der Waals surface area contributed by atoms with Crippen molar-refractivity contribution < 1.29 is 19.1 Å². The number of nitrogens with one attached hydrogen (secondary N) is 2. The largest absolute Gasteiger partial charge is 0.455 e. The molecule has 0 aliphatic heterocycles. The normalized spacial score (nSPS) is 13.3. The van der Waals surface area contributed by atoms with Crippen molar-refractivity contribution in [3.63, 3.8) is 0 Å². The van der Waals surface area contributed by atoms with E-state index in [0.29, 0.717) is 0 Å². The van der Waals surface area contributed by atoms with Crippen LogP contribution in [0.4, 0.5) is 4.79 Å². The molecule has 6 nitrogen and oxygen atoms in total. The lowest BCUT2D eigenvalue weighted by molar-refractivity contribution is -0.145. The third-order valence-electron chi connectivity index (χ3n) is 2.63. The maximum absolute atomic E-state index is 11.5. The molecule has 0 bridgehead atoms. The number of esters is 1. The van der Waals surface area contributed by atoms with E-state index in [4.69, 9.17) is 4.74 Å². The van der Waals surface area contributed by atoms with Gasteiger partial charge in [-0.25, -0.2) is 4.79 Å². The first kappa shape index (κ1) is 15.4. The Hall–Kier alpha value is -2.02. The number of hydrogen-bond donors (Lipinski definition) is 2. The van der Waals surface area contributed by atoms with Crippen molar-refractivity contribution in [3.05, 3.63) is 30.3 Å². The van der Waals surface area contributed by atoms with Gasteiger partial charge in [-0.2, -0.15) is 0 Å². The molecule has 21 heavy (non-hydrogen) atoms. The van der Waals surface area contributed by atoms with Crippen LogP contribution in [0.3, 0.4) is 0 Å². The monoisotopic (exact) mass is 308 g/mol. The number of carbonyl (C=O) groups is 3. The average Bonchev–Trinajstić information content (AvgIpc) is 3.27. The SMILES string of the molecule is O=C(COC(=O)CSc1ccccc1)NC(=O)NC1CC1. The molecule has 1 saturated carbocycles. The topological polar surface area (TPSA) is 84.5 Å². The second kappa shape index (κ2) is 7.68. The molecule has 1 fully saturated rings. The number of ether oxygens (including phenoxy) is 1. The van der Waals surface area contributed by atoms with Gasteiger partial charge in [-0.15, -0.1) is 11.8 Å². The minimum Gasteiger partial charge on any atom is -0.455 e. The van der Waals surface area contributed by atoms with Crippen LogP contribution in [0.5, 0.6) is 0 Å². The fraction of sp³-hybridized carbons (Fsp3) is 0.357. The van der Waals surface area contributed by atoms with Crippen LogP contribution in [-0.2, 0) is 14.3 Å². The zero-order chi connectivity index (χ0) is 15.1. The Balaban J connectivity index is 1.59. The second-order valence-corrected chi connectivity index (χ2v) is 5.61. The predicted octanol–water partition coefficient (Wildman–Crippen LogP) is 1.31. The minimum atomic E-state index is -0.633. The quantitative estimate of drug-likeness (QED) is 0.611. The van der Waals surface area contributed by atoms with Gasteiger partial charge in [0.1, 0.15) is 0 Å². The lowest BCUT2D eigenvalue weighted by atomic mass is 10.4. The van der Waals surface area contributed by atoms with Crippen LogP contribution in [0.2, 0.25) is 0 Å². The van der Waals surface area contributed by atoms with E-state index in [1.54, 1.807) is 0 Å². The van der Waals surface area contributed by atoms with Crippen LogP contribution >= 0.6 is 11.8 Å². The molecule has 0 unspecified atom stereocenters. The summed E-state index contributed by atoms with van der Waals surface area (Å²) < 4.78 is 4.80. The predicted molar refractivity (Wildman–Crippen MR) is 77.8 cm³/mol. The van der Waals surface area contributed by atoms with Crippen molar-refractivity contribution in [1.82, 2.24) is 10.6 Å². The molecule has 2 rings (SSSR count). The zero-order valence-corrected chi connectivity index (χ0v) is 12.2. The van der Waals surface area contributed by atoms with E-state index in [1.807, 2.05) is 30.3 Å². The third-order valence-corrected chi connectivity index (χ3v) is 3.62. The number of benzene rings is 1. The summed E-state index contributed by atoms with van der Waals surface area (Å²) in [5.41, 5.74) is 0. The summed E-state index contributed by atoms with van der Waals surface area (Å²) in [6.45, 7) is -0.452. The maximum atomic E-state index is 11.5. The third kappa shape index (κ3) is 6.31. The summed E-state index contributed by atoms with van der Waals surface area (Å²) in [7, 11) is 0. The van der Waals surface area contributed by atoms with Crippen molar-refractivity contribution in [2.24, 2.45) is 0 Å². The molecule has 1 aromatic carbocycles. The summed E-state index contributed by atoms with van der Waals surface area (Å²) in [6, 6.07) is 9.03. The molecular weight excluding hydrogens is 292 g/mol. The highest BCUT2D eigenvalue weighted by Gasteiger charge is 2.24. The molecule has 3 amide bonds. The van der Waals surface area contributed by atoms with Gasteiger partial charge in [0.15, 0.2) is 6.61 Å². The van der Waals surface area contributed by atoms with Crippen molar-refractivity contribution in [3.8, 4) is 0 Å². The Kier molecular flexibility index (Phi) is 5.62. The molecule has 1 aliphatic carbocycles. The van der Waals surface area contributed by atoms with Crippen molar-refractivity contribution in [2.75, 3.05) is 12.4 Å². The van der Waals surface area contributed by atoms with Crippen LogP contribution < -0.4 is 10.6 Å². The van der Waals surface area contributed by atoms with Crippen LogP contribution in [0.1, 0.15) is 12.8 Å². The van der Waals surface area contributed by atoms with Gasteiger partial charge in [0, 0.05) is 10.9 Å². The van der Waals surface area contributed by atoms with E-state index in [9.17, 15) is 14.4 Å². The highest BCUT2D eigenvalue weighted by Crippen LogP contribution is 2.18. The number of thioether (sulfide) groups is 1. The number of imide groups is 1. The van der Waals surface area contributed by atoms with Crippen LogP contribution in [0.25, 0.3) is 0 Å². The van der Waals surface area contributed by atoms with Gasteiger partial charge in [-0.3, -0.25) is 14.9 Å². The van der Waals surface area contributed by atoms with Gasteiger partial charge in [-0.1, -0.05) is 18.2 Å². The number of hydrogen-bond acceptors (Lipinski definition) is 5. The summed E-state index contributed by atoms with van der Waals surface area (Å²) in [6.07, 6.45) is 1.88. The molecule has 0 saturated heterocycles. The molecule has 0 aromatic heterocycles. The highest BCUT2D eigenvalue weighted by molar-refractivity contribution is 8.00. The summed E-state index contributed by atoms with van der Waals surface area (Å²) in [4.78, 5) is 35.1. The van der Waals surface area contributed by atoms with Crippen LogP contribution in [0.15, 0.2) is 35.2 Å². The molecule has 0 radical (unpaired) electrons. The number of urea groups is 1. The summed E-state index contributed by atoms with van der Waals surface area (Å²) in [5.74, 6) is -1.02. The minimum absolute atomic E-state index is 0.117. The van der Waals surface area contributed by atoms with Crippen LogP contribution in [-0.4, -0.2) is 36.3 Å². The molecular formula is C14H16N2O4S. The Morgan fingerprint density at radius 3 is 2.57 bits per heavy atom. The lowest BCUT2D eigenvalue weighted by Gasteiger charge is -2.06. The fourth-order valence-corrected chi connectivity index (χ4v) is 2.18. The van der Waals surface area contributed by atoms with E-state index >= 15 is 0 Å². The van der Waals surface area contributed by atoms with Crippen molar-refractivity contribution in [2.45, 2.75) is 23.8 Å². The smallest absolute Gasteiger partial charge is 0.321 e. The van der Waals surface area contributed by atoms with Crippen molar-refractivity contribution >= 4 is 29.7 Å². The summed E-state index contributed by atoms with van der Waals surface area (Å²) in [5, 5.41) is 4.71. The molecule has 1 aliphatic rings. The molecule has 0 spiro atoms. The molecule has 0 heterocycles. The van der Waals surface area contributed by atoms with Crippen molar-refractivity contribution in [1.29, 1.82) is 0 Å². The van der Waals surface area contributed by atoms with Crippen LogP contribution in [0, 0.1) is 0 Å². The number of rotatable bonds is 6. The van der Waals surface area contributed by atoms with Gasteiger partial charge >= 0.3 is 12.0 Å². The zero-order valence-electron chi connectivity index (χ0n) is 11.3. The van der Waals surface area contributed by atoms with Gasteiger partial charge in [-0.05, 0) is 25.0 Å². The Labute approximate surface area is 126 Å². The second-order valence-electron chi connectivity index (χ2n) is 4.56. The average molecular weight is 308 g/mol. The molecule has 1 aromatic rings. The van der Waals surface area contributed by atoms with E-state index in [0.717, 1.165) is 17.7 Å². The first-order valence-corrected chi connectivity index (χ1v) is 7.56. The summed E-state index contributed by atoms with van der Waals surface area (Å²) >= 11 is 1.33. The van der Waals surface area contributed by atoms with E-state index in [1.165, 1.54) is 11.8 Å². The van der Waals surface area contributed by atoms with E-state index in [-0.39, 0.29) is 11.8 Å². The maximum Gasteiger partial charge on any atom is 0.321 e. The van der Waals surface area contributed by atoms with Gasteiger partial charge in [0.05, 0.1) is 5.75 Å². The lowest BCUT2D eigenvalue weighted by Crippen LogP contribution is -2.42. The van der Waals surface area contributed by atoms with E-state index in [2.05, 4.69) is 10.6 Å².